The number of nitrogens with zero attached hydrogens (tertiary/aromatic N) is 3. The summed E-state index contributed by atoms with van der Waals surface area (Å²) in [5, 5.41) is 2.70. The van der Waals surface area contributed by atoms with E-state index in [2.05, 4.69) is 15.3 Å². The summed E-state index contributed by atoms with van der Waals surface area (Å²) in [5.41, 5.74) is 0.814. The van der Waals surface area contributed by atoms with Crippen molar-refractivity contribution in [2.24, 2.45) is 0 Å². The van der Waals surface area contributed by atoms with E-state index in [1.54, 1.807) is 19.1 Å². The molecule has 0 spiro atoms. The molecular formula is C17H21FN4O2. The Morgan fingerprint density at radius 2 is 2.04 bits per heavy atom. The molecule has 2 aromatic rings. The fraction of sp³-hybridized carbons (Fsp3) is 0.353. The minimum Gasteiger partial charge on any atom is -0.478 e. The summed E-state index contributed by atoms with van der Waals surface area (Å²) < 4.78 is 18.9. The molecule has 1 atom stereocenters. The Labute approximate surface area is 140 Å². The number of benzene rings is 1. The average Bonchev–Trinajstić information content (AvgIpc) is 2.54. The summed E-state index contributed by atoms with van der Waals surface area (Å²) in [6.45, 7) is 3.60. The molecule has 1 unspecified atom stereocenters. The van der Waals surface area contributed by atoms with E-state index in [1.807, 2.05) is 32.0 Å². The molecule has 0 radical (unpaired) electrons. The van der Waals surface area contributed by atoms with Crippen molar-refractivity contribution in [2.45, 2.75) is 26.5 Å². The highest BCUT2D eigenvalue weighted by Gasteiger charge is 2.16. The van der Waals surface area contributed by atoms with Crippen LogP contribution in [0.2, 0.25) is 0 Å². The fourth-order valence-electron chi connectivity index (χ4n) is 2.01. The van der Waals surface area contributed by atoms with Gasteiger partial charge in [-0.1, -0.05) is 12.1 Å². The topological polar surface area (TPSA) is 67.4 Å². The van der Waals surface area contributed by atoms with E-state index in [1.165, 1.54) is 12.1 Å². The maximum atomic E-state index is 13.5. The van der Waals surface area contributed by atoms with Gasteiger partial charge in [0.2, 0.25) is 0 Å². The van der Waals surface area contributed by atoms with Crippen molar-refractivity contribution in [3.63, 3.8) is 0 Å². The number of hydrogen-bond acceptors (Lipinski definition) is 5. The molecule has 0 aliphatic carbocycles. The molecule has 1 amide bonds. The Hall–Kier alpha value is -2.70. The molecule has 2 rings (SSSR count). The van der Waals surface area contributed by atoms with Crippen LogP contribution in [0.25, 0.3) is 0 Å². The number of aromatic nitrogens is 2. The molecule has 0 fully saturated rings. The summed E-state index contributed by atoms with van der Waals surface area (Å²) in [7, 11) is 3.77. The number of para-hydroxylation sites is 1. The van der Waals surface area contributed by atoms with E-state index in [0.717, 1.165) is 11.5 Å². The van der Waals surface area contributed by atoms with Crippen molar-refractivity contribution in [3.05, 3.63) is 47.7 Å². The molecule has 0 bridgehead atoms. The first kappa shape index (κ1) is 17.7. The van der Waals surface area contributed by atoms with E-state index in [0.29, 0.717) is 5.82 Å². The highest BCUT2D eigenvalue weighted by atomic mass is 19.1. The number of amides is 1. The van der Waals surface area contributed by atoms with Gasteiger partial charge >= 0.3 is 0 Å². The minimum absolute atomic E-state index is 0.0434. The molecular weight excluding hydrogens is 311 g/mol. The second-order valence-corrected chi connectivity index (χ2v) is 5.59. The van der Waals surface area contributed by atoms with Gasteiger partial charge in [-0.3, -0.25) is 4.79 Å². The number of carbonyl (C=O) groups excluding carboxylic acids is 1. The van der Waals surface area contributed by atoms with Gasteiger partial charge in [-0.2, -0.15) is 0 Å². The van der Waals surface area contributed by atoms with Gasteiger partial charge in [0.25, 0.3) is 5.91 Å². The largest absolute Gasteiger partial charge is 0.478 e. The predicted molar refractivity (Wildman–Crippen MR) is 89.4 cm³/mol. The number of rotatable bonds is 6. The van der Waals surface area contributed by atoms with Crippen molar-refractivity contribution >= 4 is 11.7 Å². The molecule has 128 valence electrons. The van der Waals surface area contributed by atoms with Crippen LogP contribution in [-0.4, -0.2) is 36.1 Å². The fourth-order valence-corrected chi connectivity index (χ4v) is 2.01. The molecule has 0 aliphatic heterocycles. The van der Waals surface area contributed by atoms with E-state index in [9.17, 15) is 9.18 Å². The van der Waals surface area contributed by atoms with Crippen LogP contribution in [0.4, 0.5) is 10.2 Å². The smallest absolute Gasteiger partial charge is 0.261 e. The molecule has 0 saturated carbocycles. The van der Waals surface area contributed by atoms with Crippen molar-refractivity contribution in [1.82, 2.24) is 15.3 Å². The monoisotopic (exact) mass is 332 g/mol. The number of halogens is 1. The number of carbonyl (C=O) groups is 1. The van der Waals surface area contributed by atoms with Crippen LogP contribution >= 0.6 is 0 Å². The zero-order valence-corrected chi connectivity index (χ0v) is 14.2. The third-order valence-corrected chi connectivity index (χ3v) is 3.28. The summed E-state index contributed by atoms with van der Waals surface area (Å²) in [6.07, 6.45) is -0.833. The maximum absolute atomic E-state index is 13.5. The normalized spacial score (nSPS) is 11.7. The standard InChI is InChI=1S/C17H21FN4O2/c1-11-9-16(22(3)4)21-15(20-11)10-19-17(23)12(2)24-14-8-6-5-7-13(14)18/h5-9,12H,10H2,1-4H3,(H,19,23). The zero-order valence-electron chi connectivity index (χ0n) is 14.2. The van der Waals surface area contributed by atoms with Gasteiger partial charge in [0.05, 0.1) is 6.54 Å². The van der Waals surface area contributed by atoms with Crippen molar-refractivity contribution in [2.75, 3.05) is 19.0 Å². The average molecular weight is 332 g/mol. The summed E-state index contributed by atoms with van der Waals surface area (Å²) >= 11 is 0. The third-order valence-electron chi connectivity index (χ3n) is 3.28. The Morgan fingerprint density at radius 3 is 2.71 bits per heavy atom. The lowest BCUT2D eigenvalue weighted by Crippen LogP contribution is -2.36. The van der Waals surface area contributed by atoms with Gasteiger partial charge < -0.3 is 15.0 Å². The maximum Gasteiger partial charge on any atom is 0.261 e. The number of hydrogen-bond donors (Lipinski definition) is 1. The third kappa shape index (κ3) is 4.65. The van der Waals surface area contributed by atoms with Crippen LogP contribution in [0.15, 0.2) is 30.3 Å². The lowest BCUT2D eigenvalue weighted by atomic mass is 10.3. The summed E-state index contributed by atoms with van der Waals surface area (Å²) in [4.78, 5) is 22.6. The number of nitrogens with one attached hydrogen (secondary N) is 1. The van der Waals surface area contributed by atoms with Gasteiger partial charge in [0.1, 0.15) is 11.6 Å². The summed E-state index contributed by atoms with van der Waals surface area (Å²) in [6, 6.07) is 7.82. The Balaban J connectivity index is 1.96. The van der Waals surface area contributed by atoms with E-state index < -0.39 is 11.9 Å². The van der Waals surface area contributed by atoms with E-state index in [4.69, 9.17) is 4.74 Å². The first-order valence-electron chi connectivity index (χ1n) is 7.57. The van der Waals surface area contributed by atoms with Crippen LogP contribution < -0.4 is 15.0 Å². The Kier molecular flexibility index (Phi) is 5.68. The molecule has 0 saturated heterocycles. The van der Waals surface area contributed by atoms with Crippen molar-refractivity contribution < 1.29 is 13.9 Å². The Morgan fingerprint density at radius 1 is 1.33 bits per heavy atom. The van der Waals surface area contributed by atoms with Crippen LogP contribution in [0.3, 0.4) is 0 Å². The van der Waals surface area contributed by atoms with Crippen LogP contribution in [0, 0.1) is 12.7 Å². The van der Waals surface area contributed by atoms with E-state index in [-0.39, 0.29) is 18.2 Å². The predicted octanol–water partition coefficient (Wildman–Crippen LogP) is 2.07. The number of aryl methyl sites for hydroxylation is 1. The highest BCUT2D eigenvalue weighted by Crippen LogP contribution is 2.17. The molecule has 24 heavy (non-hydrogen) atoms. The lowest BCUT2D eigenvalue weighted by Gasteiger charge is -2.16. The molecule has 1 aromatic carbocycles. The van der Waals surface area contributed by atoms with Crippen LogP contribution in [0.5, 0.6) is 5.75 Å². The quantitative estimate of drug-likeness (QED) is 0.877. The molecule has 7 heteroatoms. The van der Waals surface area contributed by atoms with Gasteiger partial charge in [0.15, 0.2) is 17.7 Å². The van der Waals surface area contributed by atoms with Crippen LogP contribution in [-0.2, 0) is 11.3 Å². The van der Waals surface area contributed by atoms with E-state index >= 15 is 0 Å². The van der Waals surface area contributed by atoms with Gasteiger partial charge in [-0.15, -0.1) is 0 Å². The second kappa shape index (κ2) is 7.72. The van der Waals surface area contributed by atoms with Crippen molar-refractivity contribution in [1.29, 1.82) is 0 Å². The highest BCUT2D eigenvalue weighted by molar-refractivity contribution is 5.80. The molecule has 1 N–H and O–H groups in total. The SMILES string of the molecule is Cc1cc(N(C)C)nc(CNC(=O)C(C)Oc2ccccc2F)n1. The van der Waals surface area contributed by atoms with Crippen molar-refractivity contribution in [3.8, 4) is 5.75 Å². The van der Waals surface area contributed by atoms with Crippen LogP contribution in [0.1, 0.15) is 18.4 Å². The molecule has 0 aliphatic rings. The Bertz CT molecular complexity index is 721. The molecule has 6 nitrogen and oxygen atoms in total. The van der Waals surface area contributed by atoms with Gasteiger partial charge in [-0.05, 0) is 26.0 Å². The van der Waals surface area contributed by atoms with Gasteiger partial charge in [0, 0.05) is 25.9 Å². The number of ether oxygens (including phenoxy) is 1. The van der Waals surface area contributed by atoms with Gasteiger partial charge in [-0.25, -0.2) is 14.4 Å². The molecule has 1 heterocycles. The first-order chi connectivity index (χ1) is 11.4. The number of anilines is 1. The zero-order chi connectivity index (χ0) is 17.7. The molecule has 1 aromatic heterocycles. The summed E-state index contributed by atoms with van der Waals surface area (Å²) in [5.74, 6) is 0.443. The first-order valence-corrected chi connectivity index (χ1v) is 7.57. The lowest BCUT2D eigenvalue weighted by molar-refractivity contribution is -0.127. The second-order valence-electron chi connectivity index (χ2n) is 5.59. The minimum atomic E-state index is -0.833.